The molecule has 4 heteroatoms. The van der Waals surface area contributed by atoms with E-state index in [9.17, 15) is 4.79 Å². The Morgan fingerprint density at radius 2 is 2.24 bits per heavy atom. The Morgan fingerprint density at radius 1 is 1.53 bits per heavy atom. The molecule has 0 atom stereocenters. The van der Waals surface area contributed by atoms with Gasteiger partial charge in [0.1, 0.15) is 0 Å². The molecule has 2 N–H and O–H groups in total. The van der Waals surface area contributed by atoms with Gasteiger partial charge in [0.05, 0.1) is 11.6 Å². The van der Waals surface area contributed by atoms with Gasteiger partial charge >= 0.3 is 0 Å². The molecule has 0 saturated heterocycles. The molecule has 1 rings (SSSR count). The zero-order chi connectivity index (χ0) is 12.8. The minimum absolute atomic E-state index is 0.0484. The van der Waals surface area contributed by atoms with Crippen molar-refractivity contribution in [1.82, 2.24) is 4.90 Å². The van der Waals surface area contributed by atoms with E-state index in [0.29, 0.717) is 22.7 Å². The summed E-state index contributed by atoms with van der Waals surface area (Å²) in [6, 6.07) is 5.10. The largest absolute Gasteiger partial charge is 0.342 e. The highest BCUT2D eigenvalue weighted by Crippen LogP contribution is 2.17. The van der Waals surface area contributed by atoms with Gasteiger partial charge in [-0.15, -0.1) is 0 Å². The zero-order valence-electron chi connectivity index (χ0n) is 9.96. The Labute approximate surface area is 107 Å². The van der Waals surface area contributed by atoms with Crippen molar-refractivity contribution in [3.05, 3.63) is 34.3 Å². The van der Waals surface area contributed by atoms with Crippen LogP contribution >= 0.6 is 11.6 Å². The number of nitrogens with two attached hydrogens (primary N) is 1. The summed E-state index contributed by atoms with van der Waals surface area (Å²) in [5, 5.41) is 0.473. The van der Waals surface area contributed by atoms with Crippen molar-refractivity contribution in [3.63, 3.8) is 0 Å². The average molecular weight is 251 g/mol. The third-order valence-electron chi connectivity index (χ3n) is 2.36. The molecule has 0 aromatic heterocycles. The van der Waals surface area contributed by atoms with Gasteiger partial charge in [0, 0.05) is 24.7 Å². The van der Waals surface area contributed by atoms with Gasteiger partial charge in [0.2, 0.25) is 0 Å². The molecule has 0 aliphatic rings. The lowest BCUT2D eigenvalue weighted by Crippen LogP contribution is -2.26. The molecule has 0 spiro atoms. The Balaban J connectivity index is 3.00. The average Bonchev–Trinajstić information content (AvgIpc) is 2.35. The third-order valence-corrected chi connectivity index (χ3v) is 2.67. The number of nitrogens with zero attached hydrogens (tertiary/aromatic N) is 1. The molecule has 0 heterocycles. The first kappa shape index (κ1) is 13.6. The summed E-state index contributed by atoms with van der Waals surface area (Å²) in [6.45, 7) is 2.86. The highest BCUT2D eigenvalue weighted by atomic mass is 35.5. The van der Waals surface area contributed by atoms with Gasteiger partial charge in [0.25, 0.3) is 5.91 Å². The van der Waals surface area contributed by atoms with Crippen LogP contribution in [0.25, 0.3) is 0 Å². The van der Waals surface area contributed by atoms with Crippen LogP contribution in [0.3, 0.4) is 0 Å². The lowest BCUT2D eigenvalue weighted by atomic mass is 10.1. The highest BCUT2D eigenvalue weighted by Gasteiger charge is 2.11. The first-order valence-electron chi connectivity index (χ1n) is 5.34. The van der Waals surface area contributed by atoms with E-state index in [2.05, 4.69) is 11.8 Å². The summed E-state index contributed by atoms with van der Waals surface area (Å²) in [5.41, 5.74) is 6.54. The molecule has 0 fully saturated rings. The van der Waals surface area contributed by atoms with Crippen molar-refractivity contribution < 1.29 is 4.79 Å². The van der Waals surface area contributed by atoms with Gasteiger partial charge < -0.3 is 10.6 Å². The molecule has 0 unspecified atom stereocenters. The SMILES string of the molecule is CCN(C)C(=O)c1ccc(C#CCN)c(Cl)c1. The van der Waals surface area contributed by atoms with Crippen LogP contribution in [0.5, 0.6) is 0 Å². The number of halogens is 1. The summed E-state index contributed by atoms with van der Waals surface area (Å²) in [4.78, 5) is 13.5. The molecule has 17 heavy (non-hydrogen) atoms. The van der Waals surface area contributed by atoms with E-state index in [0.717, 1.165) is 0 Å². The van der Waals surface area contributed by atoms with Crippen LogP contribution in [-0.4, -0.2) is 30.9 Å². The first-order chi connectivity index (χ1) is 8.10. The summed E-state index contributed by atoms with van der Waals surface area (Å²) in [7, 11) is 1.75. The molecular formula is C13H15ClN2O. The molecule has 3 nitrogen and oxygen atoms in total. The van der Waals surface area contributed by atoms with E-state index in [4.69, 9.17) is 17.3 Å². The van der Waals surface area contributed by atoms with Gasteiger partial charge in [0.15, 0.2) is 0 Å². The van der Waals surface area contributed by atoms with Gasteiger partial charge in [-0.2, -0.15) is 0 Å². The summed E-state index contributed by atoms with van der Waals surface area (Å²) in [6.07, 6.45) is 0. The van der Waals surface area contributed by atoms with E-state index in [-0.39, 0.29) is 12.5 Å². The summed E-state index contributed by atoms with van der Waals surface area (Å²) in [5.74, 6) is 5.53. The number of hydrogen-bond donors (Lipinski definition) is 1. The van der Waals surface area contributed by atoms with Crippen LogP contribution in [-0.2, 0) is 0 Å². The van der Waals surface area contributed by atoms with Crippen molar-refractivity contribution in [2.75, 3.05) is 20.1 Å². The smallest absolute Gasteiger partial charge is 0.253 e. The molecule has 0 saturated carbocycles. The molecule has 0 aliphatic carbocycles. The number of benzene rings is 1. The normalized spacial score (nSPS) is 9.41. The molecule has 0 bridgehead atoms. The van der Waals surface area contributed by atoms with Crippen molar-refractivity contribution >= 4 is 17.5 Å². The van der Waals surface area contributed by atoms with Crippen molar-refractivity contribution in [2.24, 2.45) is 5.73 Å². The van der Waals surface area contributed by atoms with Crippen molar-refractivity contribution in [3.8, 4) is 11.8 Å². The summed E-state index contributed by atoms with van der Waals surface area (Å²) >= 11 is 6.04. The molecule has 0 radical (unpaired) electrons. The Morgan fingerprint density at radius 3 is 2.76 bits per heavy atom. The number of rotatable bonds is 2. The maximum Gasteiger partial charge on any atom is 0.253 e. The Hall–Kier alpha value is -1.50. The first-order valence-corrected chi connectivity index (χ1v) is 5.72. The topological polar surface area (TPSA) is 46.3 Å². The van der Waals surface area contributed by atoms with Crippen LogP contribution in [0.1, 0.15) is 22.8 Å². The number of hydrogen-bond acceptors (Lipinski definition) is 2. The van der Waals surface area contributed by atoms with Crippen LogP contribution in [0.15, 0.2) is 18.2 Å². The van der Waals surface area contributed by atoms with E-state index in [1.165, 1.54) is 0 Å². The second-order valence-electron chi connectivity index (χ2n) is 3.52. The fourth-order valence-electron chi connectivity index (χ4n) is 1.26. The van der Waals surface area contributed by atoms with Crippen molar-refractivity contribution in [1.29, 1.82) is 0 Å². The van der Waals surface area contributed by atoms with Crippen molar-refractivity contribution in [2.45, 2.75) is 6.92 Å². The Bertz CT molecular complexity index is 474. The second kappa shape index (κ2) is 6.29. The van der Waals surface area contributed by atoms with Gasteiger partial charge in [-0.3, -0.25) is 4.79 Å². The number of carbonyl (C=O) groups excluding carboxylic acids is 1. The zero-order valence-corrected chi connectivity index (χ0v) is 10.7. The van der Waals surface area contributed by atoms with Gasteiger partial charge in [-0.05, 0) is 25.1 Å². The quantitative estimate of drug-likeness (QED) is 0.813. The van der Waals surface area contributed by atoms with Crippen LogP contribution in [0, 0.1) is 11.8 Å². The fraction of sp³-hybridized carbons (Fsp3) is 0.308. The van der Waals surface area contributed by atoms with Crippen LogP contribution in [0.4, 0.5) is 0 Å². The van der Waals surface area contributed by atoms with Gasteiger partial charge in [-0.25, -0.2) is 0 Å². The second-order valence-corrected chi connectivity index (χ2v) is 3.93. The van der Waals surface area contributed by atoms with Gasteiger partial charge in [-0.1, -0.05) is 23.4 Å². The van der Waals surface area contributed by atoms with Crippen LogP contribution in [0.2, 0.25) is 5.02 Å². The molecule has 0 aliphatic heterocycles. The number of amides is 1. The lowest BCUT2D eigenvalue weighted by molar-refractivity contribution is 0.0802. The van der Waals surface area contributed by atoms with E-state index < -0.39 is 0 Å². The maximum absolute atomic E-state index is 11.9. The minimum atomic E-state index is -0.0484. The standard InChI is InChI=1S/C13H15ClN2O/c1-3-16(2)13(17)11-7-6-10(5-4-8-15)12(14)9-11/h6-7,9H,3,8,15H2,1-2H3. The monoisotopic (exact) mass is 250 g/mol. The molecule has 90 valence electrons. The molecule has 1 amide bonds. The molecule has 1 aromatic carbocycles. The molecule has 1 aromatic rings. The van der Waals surface area contributed by atoms with Crippen LogP contribution < -0.4 is 5.73 Å². The predicted octanol–water partition coefficient (Wildman–Crippen LogP) is 1.74. The van der Waals surface area contributed by atoms with E-state index in [1.807, 2.05) is 6.92 Å². The fourth-order valence-corrected chi connectivity index (χ4v) is 1.49. The van der Waals surface area contributed by atoms with E-state index in [1.54, 1.807) is 30.1 Å². The predicted molar refractivity (Wildman–Crippen MR) is 70.0 cm³/mol. The summed E-state index contributed by atoms with van der Waals surface area (Å²) < 4.78 is 0. The number of carbonyl (C=O) groups is 1. The molecular weight excluding hydrogens is 236 g/mol. The Kier molecular flexibility index (Phi) is 5.02. The lowest BCUT2D eigenvalue weighted by Gasteiger charge is -2.14. The highest BCUT2D eigenvalue weighted by molar-refractivity contribution is 6.32. The minimum Gasteiger partial charge on any atom is -0.342 e. The third kappa shape index (κ3) is 3.48. The van der Waals surface area contributed by atoms with E-state index >= 15 is 0 Å². The maximum atomic E-state index is 11.9.